The van der Waals surface area contributed by atoms with Crippen molar-refractivity contribution >= 4 is 46.8 Å². The van der Waals surface area contributed by atoms with E-state index in [-0.39, 0.29) is 35.4 Å². The fourth-order valence-corrected chi connectivity index (χ4v) is 6.51. The van der Waals surface area contributed by atoms with E-state index >= 15 is 0 Å². The fourth-order valence-electron chi connectivity index (χ4n) is 5.35. The second kappa shape index (κ2) is 14.6. The van der Waals surface area contributed by atoms with Gasteiger partial charge in [0.25, 0.3) is 0 Å². The summed E-state index contributed by atoms with van der Waals surface area (Å²) in [6.45, 7) is 3.38. The molecule has 224 valence electrons. The average molecular weight is 619 g/mol. The summed E-state index contributed by atoms with van der Waals surface area (Å²) >= 11 is 7.69. The van der Waals surface area contributed by atoms with Crippen molar-refractivity contribution in [3.63, 3.8) is 0 Å². The van der Waals surface area contributed by atoms with Gasteiger partial charge >= 0.3 is 0 Å². The molecular weight excluding hydrogens is 584 g/mol. The molecule has 2 aliphatic rings. The minimum atomic E-state index is -0.808. The normalized spacial score (nSPS) is 18.6. The number of piperazine rings is 1. The van der Waals surface area contributed by atoms with Gasteiger partial charge in [0.15, 0.2) is 0 Å². The van der Waals surface area contributed by atoms with E-state index in [1.54, 1.807) is 15.9 Å². The Morgan fingerprint density at radius 1 is 1.07 bits per heavy atom. The van der Waals surface area contributed by atoms with Crippen molar-refractivity contribution in [1.29, 1.82) is 0 Å². The lowest BCUT2D eigenvalue weighted by molar-refractivity contribution is -0.136. The van der Waals surface area contributed by atoms with E-state index < -0.39 is 12.1 Å². The third-order valence-corrected chi connectivity index (χ3v) is 8.88. The number of anilines is 1. The van der Waals surface area contributed by atoms with Crippen molar-refractivity contribution < 1.29 is 19.1 Å². The smallest absolute Gasteiger partial charge is 0.247 e. The van der Waals surface area contributed by atoms with Gasteiger partial charge in [0.1, 0.15) is 29.5 Å². The lowest BCUT2D eigenvalue weighted by Crippen LogP contribution is -2.63. The van der Waals surface area contributed by atoms with Crippen LogP contribution in [0.1, 0.15) is 17.5 Å². The number of para-hydroxylation sites is 1. The molecule has 0 aromatic heterocycles. The highest BCUT2D eigenvalue weighted by atomic mass is 35.5. The van der Waals surface area contributed by atoms with Crippen LogP contribution in [0, 0.1) is 6.92 Å². The van der Waals surface area contributed by atoms with Gasteiger partial charge in [0, 0.05) is 37.1 Å². The summed E-state index contributed by atoms with van der Waals surface area (Å²) in [5, 5.41) is 7.98. The molecule has 2 heterocycles. The lowest BCUT2D eigenvalue weighted by atomic mass is 10.0. The molecule has 43 heavy (non-hydrogen) atoms. The Morgan fingerprint density at radius 2 is 1.81 bits per heavy atom. The number of nitrogens with one attached hydrogen (secondary N) is 2. The molecule has 2 aliphatic heterocycles. The highest BCUT2D eigenvalue weighted by Gasteiger charge is 2.42. The Morgan fingerprint density at radius 3 is 2.49 bits per heavy atom. The number of alkyl halides is 1. The molecule has 0 aliphatic carbocycles. The van der Waals surface area contributed by atoms with E-state index in [1.165, 1.54) is 11.8 Å². The molecule has 0 spiro atoms. The van der Waals surface area contributed by atoms with Crippen LogP contribution >= 0.6 is 23.4 Å². The highest BCUT2D eigenvalue weighted by Crippen LogP contribution is 2.36. The van der Waals surface area contributed by atoms with Crippen molar-refractivity contribution in [1.82, 2.24) is 15.5 Å². The van der Waals surface area contributed by atoms with Crippen LogP contribution in [0.3, 0.4) is 0 Å². The summed E-state index contributed by atoms with van der Waals surface area (Å²) in [7, 11) is 0. The molecule has 1 fully saturated rings. The molecule has 3 aromatic rings. The first kappa shape index (κ1) is 30.7. The Kier molecular flexibility index (Phi) is 10.4. The van der Waals surface area contributed by atoms with Gasteiger partial charge in [0.05, 0.1) is 0 Å². The molecule has 1 unspecified atom stereocenters. The van der Waals surface area contributed by atoms with E-state index in [4.69, 9.17) is 16.3 Å². The van der Waals surface area contributed by atoms with Crippen LogP contribution in [0.25, 0.3) is 0 Å². The maximum Gasteiger partial charge on any atom is 0.247 e. The summed E-state index contributed by atoms with van der Waals surface area (Å²) in [4.78, 5) is 44.2. The van der Waals surface area contributed by atoms with Crippen LogP contribution in [0.4, 0.5) is 5.69 Å². The minimum absolute atomic E-state index is 0.173. The Labute approximate surface area is 261 Å². The molecule has 0 saturated carbocycles. The van der Waals surface area contributed by atoms with Crippen molar-refractivity contribution in [3.8, 4) is 11.5 Å². The molecule has 8 nitrogen and oxygen atoms in total. The van der Waals surface area contributed by atoms with Gasteiger partial charge in [0.2, 0.25) is 17.7 Å². The second-order valence-electron chi connectivity index (χ2n) is 10.5. The molecule has 1 saturated heterocycles. The lowest BCUT2D eigenvalue weighted by Gasteiger charge is -2.40. The van der Waals surface area contributed by atoms with E-state index in [0.717, 1.165) is 11.1 Å². The van der Waals surface area contributed by atoms with Crippen LogP contribution in [0.5, 0.6) is 11.5 Å². The van der Waals surface area contributed by atoms with Crippen molar-refractivity contribution in [2.75, 3.05) is 30.4 Å². The molecule has 3 aromatic carbocycles. The first-order valence-electron chi connectivity index (χ1n) is 14.3. The standard InChI is InChI=1S/C33H35ClN4O4S/c1-23-19-26(42-25-11-6-3-7-12-25)14-15-28(23)38(30(39)20-34)31(29-13-8-18-43-29)33(41)37-17-16-35-27(22-37)32(40)36-21-24-9-4-2-5-10-24/h2-12,14-15,18-19,27,29,31,35H,13,16-17,20-22H2,1H3,(H,36,40)/t27-,29?,31-/m1/s1. The summed E-state index contributed by atoms with van der Waals surface area (Å²) in [6.07, 6.45) is 2.65. The SMILES string of the molecule is Cc1cc(Oc2ccccc2)ccc1N(C(=O)CCl)[C@@H](C(=O)N1CCN[C@@H](C(=O)NCc2ccccc2)C1)C1CC=CS1. The number of benzene rings is 3. The second-order valence-corrected chi connectivity index (χ2v) is 11.9. The van der Waals surface area contributed by atoms with E-state index in [2.05, 4.69) is 10.6 Å². The number of ether oxygens (including phenoxy) is 1. The average Bonchev–Trinajstić information content (AvgIpc) is 3.58. The van der Waals surface area contributed by atoms with Gasteiger partial charge in [-0.3, -0.25) is 19.3 Å². The van der Waals surface area contributed by atoms with Crippen LogP contribution < -0.4 is 20.3 Å². The van der Waals surface area contributed by atoms with Crippen LogP contribution in [0.2, 0.25) is 0 Å². The number of aryl methyl sites for hydroxylation is 1. The molecule has 3 amide bonds. The third-order valence-electron chi connectivity index (χ3n) is 7.50. The number of halogens is 1. The van der Waals surface area contributed by atoms with Crippen LogP contribution in [-0.4, -0.2) is 65.5 Å². The molecule has 3 atom stereocenters. The number of hydrogen-bond donors (Lipinski definition) is 2. The first-order chi connectivity index (χ1) is 20.9. The quantitative estimate of drug-likeness (QED) is 0.315. The summed E-state index contributed by atoms with van der Waals surface area (Å²) in [5.74, 6) is 0.310. The van der Waals surface area contributed by atoms with Crippen molar-refractivity contribution in [2.45, 2.75) is 37.2 Å². The summed E-state index contributed by atoms with van der Waals surface area (Å²) < 4.78 is 6.00. The van der Waals surface area contributed by atoms with E-state index in [0.29, 0.717) is 43.2 Å². The van der Waals surface area contributed by atoms with E-state index in [1.807, 2.05) is 91.2 Å². The maximum absolute atomic E-state index is 14.4. The number of amides is 3. The number of allylic oxidation sites excluding steroid dienone is 1. The number of rotatable bonds is 10. The Bertz CT molecular complexity index is 1450. The number of thioether (sulfide) groups is 1. The zero-order chi connectivity index (χ0) is 30.2. The first-order valence-corrected chi connectivity index (χ1v) is 15.8. The maximum atomic E-state index is 14.4. The van der Waals surface area contributed by atoms with Crippen LogP contribution in [0.15, 0.2) is 90.3 Å². The van der Waals surface area contributed by atoms with Gasteiger partial charge in [-0.2, -0.15) is 0 Å². The van der Waals surface area contributed by atoms with Crippen molar-refractivity contribution in [2.24, 2.45) is 0 Å². The zero-order valence-electron chi connectivity index (χ0n) is 23.9. The minimum Gasteiger partial charge on any atom is -0.457 e. The predicted molar refractivity (Wildman–Crippen MR) is 171 cm³/mol. The van der Waals surface area contributed by atoms with Crippen LogP contribution in [-0.2, 0) is 20.9 Å². The fraction of sp³-hybridized carbons (Fsp3) is 0.303. The highest BCUT2D eigenvalue weighted by molar-refractivity contribution is 8.03. The molecule has 10 heteroatoms. The monoisotopic (exact) mass is 618 g/mol. The zero-order valence-corrected chi connectivity index (χ0v) is 25.5. The number of hydrogen-bond acceptors (Lipinski definition) is 6. The number of carbonyl (C=O) groups is 3. The summed E-state index contributed by atoms with van der Waals surface area (Å²) in [6, 6.07) is 23.2. The summed E-state index contributed by atoms with van der Waals surface area (Å²) in [5.41, 5.74) is 2.37. The number of nitrogens with zero attached hydrogens (tertiary/aromatic N) is 2. The van der Waals surface area contributed by atoms with Crippen molar-refractivity contribution in [3.05, 3.63) is 101 Å². The molecule has 5 rings (SSSR count). The topological polar surface area (TPSA) is 91.0 Å². The predicted octanol–water partition coefficient (Wildman–Crippen LogP) is 4.86. The van der Waals surface area contributed by atoms with Gasteiger partial charge in [-0.05, 0) is 60.2 Å². The van der Waals surface area contributed by atoms with E-state index in [9.17, 15) is 14.4 Å². The van der Waals surface area contributed by atoms with Gasteiger partial charge < -0.3 is 20.3 Å². The molecule has 0 bridgehead atoms. The van der Waals surface area contributed by atoms with Gasteiger partial charge in [-0.25, -0.2) is 0 Å². The third kappa shape index (κ3) is 7.60. The van der Waals surface area contributed by atoms with Gasteiger partial charge in [-0.15, -0.1) is 23.4 Å². The number of carbonyl (C=O) groups excluding carboxylic acids is 3. The molecular formula is C33H35ClN4O4S. The molecule has 2 N–H and O–H groups in total. The largest absolute Gasteiger partial charge is 0.457 e. The van der Waals surface area contributed by atoms with Gasteiger partial charge in [-0.1, -0.05) is 54.6 Å². The molecule has 0 radical (unpaired) electrons. The Balaban J connectivity index is 1.37. The Hall–Kier alpha value is -3.79.